The van der Waals surface area contributed by atoms with Crippen molar-refractivity contribution in [3.63, 3.8) is 0 Å². The van der Waals surface area contributed by atoms with E-state index in [1.54, 1.807) is 29.7 Å². The van der Waals surface area contributed by atoms with Crippen LogP contribution in [0.3, 0.4) is 0 Å². The van der Waals surface area contributed by atoms with Gasteiger partial charge in [0, 0.05) is 21.8 Å². The predicted molar refractivity (Wildman–Crippen MR) is 113 cm³/mol. The highest BCUT2D eigenvalue weighted by Gasteiger charge is 2.14. The lowest BCUT2D eigenvalue weighted by Gasteiger charge is -2.05. The molecule has 8 heteroatoms. The first-order valence-electron chi connectivity index (χ1n) is 8.48. The zero-order valence-electron chi connectivity index (χ0n) is 14.6. The summed E-state index contributed by atoms with van der Waals surface area (Å²) in [6, 6.07) is 19.4. The summed E-state index contributed by atoms with van der Waals surface area (Å²) >= 11 is 7.66. The molecule has 0 atom stereocenters. The zero-order valence-corrected chi connectivity index (χ0v) is 16.2. The summed E-state index contributed by atoms with van der Waals surface area (Å²) in [6.45, 7) is 0.563. The van der Waals surface area contributed by atoms with Gasteiger partial charge in [0.15, 0.2) is 5.82 Å². The number of aromatic nitrogens is 3. The highest BCUT2D eigenvalue weighted by Crippen LogP contribution is 2.28. The van der Waals surface area contributed by atoms with Crippen LogP contribution in [-0.2, 0) is 6.54 Å². The fraction of sp³-hybridized carbons (Fsp3) is 0.0500. The van der Waals surface area contributed by atoms with E-state index in [1.807, 2.05) is 42.5 Å². The monoisotopic (exact) mass is 406 g/mol. The van der Waals surface area contributed by atoms with Crippen LogP contribution >= 0.6 is 22.9 Å². The molecule has 0 unspecified atom stereocenters. The van der Waals surface area contributed by atoms with Crippen LogP contribution in [0.4, 0.5) is 17.3 Å². The first kappa shape index (κ1) is 18.0. The number of pyridine rings is 1. The van der Waals surface area contributed by atoms with E-state index in [0.29, 0.717) is 28.8 Å². The van der Waals surface area contributed by atoms with Gasteiger partial charge < -0.3 is 10.6 Å². The number of aromatic amines is 1. The molecule has 3 N–H and O–H groups in total. The smallest absolute Gasteiger partial charge is 0.168 e. The average molecular weight is 407 g/mol. The molecule has 1 aromatic carbocycles. The van der Waals surface area contributed by atoms with E-state index >= 15 is 0 Å². The Balaban J connectivity index is 1.46. The molecule has 4 rings (SSSR count). The Morgan fingerprint density at radius 2 is 2.07 bits per heavy atom. The number of nitrogens with one attached hydrogen (secondary N) is 3. The minimum absolute atomic E-state index is 0.418. The van der Waals surface area contributed by atoms with Crippen molar-refractivity contribution in [3.05, 3.63) is 76.3 Å². The van der Waals surface area contributed by atoms with Crippen LogP contribution in [0.25, 0.3) is 10.6 Å². The first-order chi connectivity index (χ1) is 13.7. The molecule has 0 aliphatic carbocycles. The molecular weight excluding hydrogens is 392 g/mol. The van der Waals surface area contributed by atoms with Gasteiger partial charge in [-0.2, -0.15) is 10.4 Å². The van der Waals surface area contributed by atoms with E-state index in [0.717, 1.165) is 21.1 Å². The van der Waals surface area contributed by atoms with Crippen molar-refractivity contribution in [1.82, 2.24) is 15.2 Å². The number of hydrogen-bond donors (Lipinski definition) is 3. The molecule has 0 saturated carbocycles. The average Bonchev–Trinajstić information content (AvgIpc) is 3.34. The van der Waals surface area contributed by atoms with Crippen LogP contribution in [-0.4, -0.2) is 15.2 Å². The maximum absolute atomic E-state index is 9.55. The highest BCUT2D eigenvalue weighted by atomic mass is 35.5. The Bertz CT molecular complexity index is 1130. The lowest BCUT2D eigenvalue weighted by Crippen LogP contribution is -1.99. The van der Waals surface area contributed by atoms with Crippen molar-refractivity contribution >= 4 is 40.3 Å². The molecule has 28 heavy (non-hydrogen) atoms. The van der Waals surface area contributed by atoms with Crippen LogP contribution in [0.15, 0.2) is 60.8 Å². The Labute approximate surface area is 170 Å². The molecule has 0 fully saturated rings. The van der Waals surface area contributed by atoms with Crippen molar-refractivity contribution in [2.24, 2.45) is 0 Å². The molecular formula is C20H15ClN6S. The van der Waals surface area contributed by atoms with Gasteiger partial charge >= 0.3 is 0 Å². The third-order valence-corrected chi connectivity index (χ3v) is 5.32. The Morgan fingerprint density at radius 3 is 2.86 bits per heavy atom. The summed E-state index contributed by atoms with van der Waals surface area (Å²) < 4.78 is 0. The van der Waals surface area contributed by atoms with E-state index < -0.39 is 0 Å². The summed E-state index contributed by atoms with van der Waals surface area (Å²) in [5, 5.41) is 23.6. The molecule has 0 radical (unpaired) electrons. The number of H-pyrrole nitrogens is 1. The summed E-state index contributed by atoms with van der Waals surface area (Å²) in [5.74, 6) is 1.02. The van der Waals surface area contributed by atoms with Gasteiger partial charge in [0.2, 0.25) is 0 Å². The molecule has 4 aromatic rings. The molecule has 0 bridgehead atoms. The SMILES string of the molecule is N#Cc1c(NCc2ccc(-c3ccccn3)s2)n[nH]c1Nc1cccc(Cl)c1. The minimum Gasteiger partial charge on any atom is -0.363 e. The van der Waals surface area contributed by atoms with Gasteiger partial charge in [-0.25, -0.2) is 0 Å². The Hall–Kier alpha value is -3.34. The lowest BCUT2D eigenvalue weighted by molar-refractivity contribution is 1.06. The summed E-state index contributed by atoms with van der Waals surface area (Å²) in [7, 11) is 0. The van der Waals surface area contributed by atoms with Crippen LogP contribution < -0.4 is 10.6 Å². The van der Waals surface area contributed by atoms with Gasteiger partial charge in [0.25, 0.3) is 0 Å². The number of thiophene rings is 1. The number of halogens is 1. The second kappa shape index (κ2) is 8.13. The number of nitrogens with zero attached hydrogens (tertiary/aromatic N) is 3. The molecule has 0 aliphatic heterocycles. The van der Waals surface area contributed by atoms with Crippen LogP contribution in [0.2, 0.25) is 5.02 Å². The summed E-state index contributed by atoms with van der Waals surface area (Å²) in [4.78, 5) is 6.59. The van der Waals surface area contributed by atoms with Crippen molar-refractivity contribution in [2.45, 2.75) is 6.54 Å². The van der Waals surface area contributed by atoms with Gasteiger partial charge in [-0.3, -0.25) is 10.1 Å². The Kier molecular flexibility index (Phi) is 5.24. The second-order valence-electron chi connectivity index (χ2n) is 5.90. The number of hydrogen-bond acceptors (Lipinski definition) is 6. The number of anilines is 3. The minimum atomic E-state index is 0.418. The maximum Gasteiger partial charge on any atom is 0.168 e. The normalized spacial score (nSPS) is 10.4. The van der Waals surface area contributed by atoms with E-state index in [4.69, 9.17) is 11.6 Å². The predicted octanol–water partition coefficient (Wildman–Crippen LogP) is 5.41. The van der Waals surface area contributed by atoms with Crippen molar-refractivity contribution < 1.29 is 0 Å². The van der Waals surface area contributed by atoms with Crippen LogP contribution in [0, 0.1) is 11.3 Å². The highest BCUT2D eigenvalue weighted by molar-refractivity contribution is 7.15. The molecule has 3 aromatic heterocycles. The van der Waals surface area contributed by atoms with Gasteiger partial charge in [-0.05, 0) is 42.5 Å². The summed E-state index contributed by atoms with van der Waals surface area (Å²) in [5.41, 5.74) is 2.14. The number of benzene rings is 1. The lowest BCUT2D eigenvalue weighted by atomic mass is 10.3. The van der Waals surface area contributed by atoms with Crippen molar-refractivity contribution in [3.8, 4) is 16.6 Å². The molecule has 0 saturated heterocycles. The van der Waals surface area contributed by atoms with Crippen molar-refractivity contribution in [2.75, 3.05) is 10.6 Å². The summed E-state index contributed by atoms with van der Waals surface area (Å²) in [6.07, 6.45) is 1.78. The topological polar surface area (TPSA) is 89.4 Å². The van der Waals surface area contributed by atoms with E-state index in [2.05, 4.69) is 31.9 Å². The van der Waals surface area contributed by atoms with Crippen LogP contribution in [0.5, 0.6) is 0 Å². The standard InChI is InChI=1S/C20H15ClN6S/c21-13-4-3-5-14(10-13)25-20-16(11-22)19(26-27-20)24-12-15-7-8-18(28-15)17-6-1-2-9-23-17/h1-10H,12H2,(H3,24,25,26,27). The molecule has 0 aliphatic rings. The fourth-order valence-electron chi connectivity index (χ4n) is 2.67. The van der Waals surface area contributed by atoms with Gasteiger partial charge in [0.1, 0.15) is 17.5 Å². The molecule has 6 nitrogen and oxygen atoms in total. The fourth-order valence-corrected chi connectivity index (χ4v) is 3.78. The van der Waals surface area contributed by atoms with Gasteiger partial charge in [0.05, 0.1) is 17.1 Å². The third kappa shape index (κ3) is 3.98. The zero-order chi connectivity index (χ0) is 19.3. The second-order valence-corrected chi connectivity index (χ2v) is 7.51. The van der Waals surface area contributed by atoms with Crippen molar-refractivity contribution in [1.29, 1.82) is 5.26 Å². The van der Waals surface area contributed by atoms with E-state index in [-0.39, 0.29) is 0 Å². The third-order valence-electron chi connectivity index (χ3n) is 3.98. The van der Waals surface area contributed by atoms with Crippen LogP contribution in [0.1, 0.15) is 10.4 Å². The first-order valence-corrected chi connectivity index (χ1v) is 9.67. The molecule has 138 valence electrons. The van der Waals surface area contributed by atoms with E-state index in [1.165, 1.54) is 0 Å². The molecule has 0 amide bonds. The quantitative estimate of drug-likeness (QED) is 0.398. The molecule has 3 heterocycles. The maximum atomic E-state index is 9.55. The van der Waals surface area contributed by atoms with Gasteiger partial charge in [-0.15, -0.1) is 11.3 Å². The molecule has 0 spiro atoms. The van der Waals surface area contributed by atoms with Gasteiger partial charge in [-0.1, -0.05) is 23.7 Å². The largest absolute Gasteiger partial charge is 0.363 e. The number of nitriles is 1. The number of rotatable bonds is 6. The Morgan fingerprint density at radius 1 is 1.14 bits per heavy atom. The van der Waals surface area contributed by atoms with E-state index in [9.17, 15) is 5.26 Å².